The van der Waals surface area contributed by atoms with E-state index in [4.69, 9.17) is 5.73 Å². The fourth-order valence-electron chi connectivity index (χ4n) is 2.57. The van der Waals surface area contributed by atoms with Crippen LogP contribution in [0, 0.1) is 5.41 Å². The Hall–Kier alpha value is -0.570. The minimum atomic E-state index is -0.221. The van der Waals surface area contributed by atoms with Crippen LogP contribution in [0.5, 0.6) is 0 Å². The van der Waals surface area contributed by atoms with Crippen LogP contribution >= 0.6 is 0 Å². The number of primary amides is 1. The van der Waals surface area contributed by atoms with E-state index >= 15 is 0 Å². The summed E-state index contributed by atoms with van der Waals surface area (Å²) in [6.07, 6.45) is 7.26. The minimum Gasteiger partial charge on any atom is -0.368 e. The Morgan fingerprint density at radius 2 is 2.00 bits per heavy atom. The summed E-state index contributed by atoms with van der Waals surface area (Å²) in [6.45, 7) is 5.19. The number of carbonyl (C=O) groups is 1. The van der Waals surface area contributed by atoms with Crippen LogP contribution in [0.2, 0.25) is 0 Å². The van der Waals surface area contributed by atoms with E-state index in [1.54, 1.807) is 0 Å². The van der Waals surface area contributed by atoms with E-state index in [1.165, 1.54) is 32.1 Å². The van der Waals surface area contributed by atoms with Crippen molar-refractivity contribution in [2.75, 3.05) is 6.54 Å². The van der Waals surface area contributed by atoms with Crippen LogP contribution in [-0.2, 0) is 4.79 Å². The standard InChI is InChI=1S/C12H24N2O/c1-3-10(11(13)15)14-9-12(4-2)7-5-6-8-12/h10,14H,3-9H2,1-2H3,(H2,13,15). The van der Waals surface area contributed by atoms with Gasteiger partial charge in [-0.2, -0.15) is 0 Å². The van der Waals surface area contributed by atoms with E-state index in [0.29, 0.717) is 5.41 Å². The van der Waals surface area contributed by atoms with Crippen molar-refractivity contribution >= 4 is 5.91 Å². The first-order chi connectivity index (χ1) is 7.13. The van der Waals surface area contributed by atoms with Gasteiger partial charge in [-0.1, -0.05) is 26.7 Å². The highest BCUT2D eigenvalue weighted by Gasteiger charge is 2.32. The van der Waals surface area contributed by atoms with E-state index in [1.807, 2.05) is 6.92 Å². The lowest BCUT2D eigenvalue weighted by Gasteiger charge is -2.29. The number of hydrogen-bond donors (Lipinski definition) is 2. The fraction of sp³-hybridized carbons (Fsp3) is 0.917. The molecular weight excluding hydrogens is 188 g/mol. The molecule has 0 heterocycles. The zero-order chi connectivity index (χ0) is 11.3. The number of hydrogen-bond acceptors (Lipinski definition) is 2. The lowest BCUT2D eigenvalue weighted by atomic mass is 9.83. The Morgan fingerprint density at radius 1 is 1.40 bits per heavy atom. The van der Waals surface area contributed by atoms with Gasteiger partial charge in [-0.3, -0.25) is 4.79 Å². The maximum absolute atomic E-state index is 11.1. The zero-order valence-electron chi connectivity index (χ0n) is 10.0. The van der Waals surface area contributed by atoms with Gasteiger partial charge >= 0.3 is 0 Å². The molecule has 0 aromatic carbocycles. The molecule has 0 radical (unpaired) electrons. The molecule has 15 heavy (non-hydrogen) atoms. The van der Waals surface area contributed by atoms with Crippen LogP contribution in [0.1, 0.15) is 52.4 Å². The number of nitrogens with one attached hydrogen (secondary N) is 1. The highest BCUT2D eigenvalue weighted by atomic mass is 16.1. The SMILES string of the molecule is CCC(NCC1(CC)CCCC1)C(N)=O. The molecule has 3 N–H and O–H groups in total. The largest absolute Gasteiger partial charge is 0.368 e. The third kappa shape index (κ3) is 3.20. The third-order valence-corrected chi connectivity index (χ3v) is 3.89. The molecule has 1 fully saturated rings. The van der Waals surface area contributed by atoms with Gasteiger partial charge in [-0.15, -0.1) is 0 Å². The number of nitrogens with two attached hydrogens (primary N) is 1. The maximum Gasteiger partial charge on any atom is 0.234 e. The topological polar surface area (TPSA) is 55.1 Å². The first kappa shape index (κ1) is 12.5. The third-order valence-electron chi connectivity index (χ3n) is 3.89. The summed E-state index contributed by atoms with van der Waals surface area (Å²) >= 11 is 0. The second-order valence-electron chi connectivity index (χ2n) is 4.80. The highest BCUT2D eigenvalue weighted by Crippen LogP contribution is 2.40. The molecule has 1 aliphatic carbocycles. The van der Waals surface area contributed by atoms with Crippen molar-refractivity contribution in [1.82, 2.24) is 5.32 Å². The summed E-state index contributed by atoms with van der Waals surface area (Å²) in [5, 5.41) is 3.33. The summed E-state index contributed by atoms with van der Waals surface area (Å²) < 4.78 is 0. The van der Waals surface area contributed by atoms with Crippen LogP contribution in [0.3, 0.4) is 0 Å². The van der Waals surface area contributed by atoms with Crippen molar-refractivity contribution in [1.29, 1.82) is 0 Å². The van der Waals surface area contributed by atoms with Crippen molar-refractivity contribution in [2.45, 2.75) is 58.4 Å². The Balaban J connectivity index is 2.42. The molecule has 3 heteroatoms. The average Bonchev–Trinajstić information content (AvgIpc) is 2.68. The molecule has 3 nitrogen and oxygen atoms in total. The van der Waals surface area contributed by atoms with Crippen LogP contribution in [0.15, 0.2) is 0 Å². The van der Waals surface area contributed by atoms with Gasteiger partial charge in [-0.25, -0.2) is 0 Å². The molecule has 0 aliphatic heterocycles. The lowest BCUT2D eigenvalue weighted by Crippen LogP contribution is -2.45. The number of amides is 1. The summed E-state index contributed by atoms with van der Waals surface area (Å²) in [5.41, 5.74) is 5.75. The van der Waals surface area contributed by atoms with E-state index < -0.39 is 0 Å². The smallest absolute Gasteiger partial charge is 0.234 e. The van der Waals surface area contributed by atoms with Gasteiger partial charge in [0.2, 0.25) is 5.91 Å². The monoisotopic (exact) mass is 212 g/mol. The molecule has 0 spiro atoms. The molecule has 1 atom stereocenters. The zero-order valence-corrected chi connectivity index (χ0v) is 10.0. The molecule has 1 rings (SSSR count). The second kappa shape index (κ2) is 5.50. The fourth-order valence-corrected chi connectivity index (χ4v) is 2.57. The molecule has 0 aromatic heterocycles. The minimum absolute atomic E-state index is 0.144. The summed E-state index contributed by atoms with van der Waals surface area (Å²) in [6, 6.07) is -0.144. The average molecular weight is 212 g/mol. The normalized spacial score (nSPS) is 21.5. The van der Waals surface area contributed by atoms with Crippen molar-refractivity contribution in [3.8, 4) is 0 Å². The van der Waals surface area contributed by atoms with Gasteiger partial charge in [0.05, 0.1) is 6.04 Å². The van der Waals surface area contributed by atoms with Crippen LogP contribution in [0.25, 0.3) is 0 Å². The van der Waals surface area contributed by atoms with Gasteiger partial charge in [0.25, 0.3) is 0 Å². The molecule has 1 unspecified atom stereocenters. The molecule has 1 saturated carbocycles. The van der Waals surface area contributed by atoms with Crippen molar-refractivity contribution < 1.29 is 4.79 Å². The van der Waals surface area contributed by atoms with E-state index in [2.05, 4.69) is 12.2 Å². The predicted molar refractivity (Wildman–Crippen MR) is 62.5 cm³/mol. The molecule has 88 valence electrons. The molecule has 1 aliphatic rings. The van der Waals surface area contributed by atoms with Gasteiger partial charge in [0, 0.05) is 6.54 Å². The van der Waals surface area contributed by atoms with E-state index in [9.17, 15) is 4.79 Å². The second-order valence-corrected chi connectivity index (χ2v) is 4.80. The molecule has 0 aromatic rings. The summed E-state index contributed by atoms with van der Waals surface area (Å²) in [7, 11) is 0. The molecular formula is C12H24N2O. The Bertz CT molecular complexity index is 210. The van der Waals surface area contributed by atoms with E-state index in [0.717, 1.165) is 13.0 Å². The van der Waals surface area contributed by atoms with Crippen molar-refractivity contribution in [3.05, 3.63) is 0 Å². The summed E-state index contributed by atoms with van der Waals surface area (Å²) in [4.78, 5) is 11.1. The van der Waals surface area contributed by atoms with Gasteiger partial charge < -0.3 is 11.1 Å². The van der Waals surface area contributed by atoms with Crippen LogP contribution in [0.4, 0.5) is 0 Å². The van der Waals surface area contributed by atoms with Gasteiger partial charge in [-0.05, 0) is 31.1 Å². The Morgan fingerprint density at radius 3 is 2.40 bits per heavy atom. The molecule has 0 bridgehead atoms. The van der Waals surface area contributed by atoms with Crippen LogP contribution in [-0.4, -0.2) is 18.5 Å². The van der Waals surface area contributed by atoms with Gasteiger partial charge in [0.1, 0.15) is 0 Å². The first-order valence-electron chi connectivity index (χ1n) is 6.16. The Kier molecular flexibility index (Phi) is 4.58. The molecule has 0 saturated heterocycles. The predicted octanol–water partition coefficient (Wildman–Crippen LogP) is 1.81. The lowest BCUT2D eigenvalue weighted by molar-refractivity contribution is -0.120. The Labute approximate surface area is 92.8 Å². The van der Waals surface area contributed by atoms with Gasteiger partial charge in [0.15, 0.2) is 0 Å². The number of carbonyl (C=O) groups excluding carboxylic acids is 1. The highest BCUT2D eigenvalue weighted by molar-refractivity contribution is 5.79. The van der Waals surface area contributed by atoms with Crippen LogP contribution < -0.4 is 11.1 Å². The summed E-state index contributed by atoms with van der Waals surface area (Å²) in [5.74, 6) is -0.221. The maximum atomic E-state index is 11.1. The first-order valence-corrected chi connectivity index (χ1v) is 6.16. The number of rotatable bonds is 6. The van der Waals surface area contributed by atoms with Crippen molar-refractivity contribution in [3.63, 3.8) is 0 Å². The molecule has 1 amide bonds. The van der Waals surface area contributed by atoms with E-state index in [-0.39, 0.29) is 11.9 Å². The quantitative estimate of drug-likeness (QED) is 0.705. The van der Waals surface area contributed by atoms with Crippen molar-refractivity contribution in [2.24, 2.45) is 11.1 Å².